The Kier molecular flexibility index (Phi) is 4.87. The number of hydrogen-bond acceptors (Lipinski definition) is 6. The fraction of sp³-hybridized carbons (Fsp3) is 0.200. The smallest absolute Gasteiger partial charge is 0.186 e. The summed E-state index contributed by atoms with van der Waals surface area (Å²) < 4.78 is 0. The van der Waals surface area contributed by atoms with Gasteiger partial charge in [-0.2, -0.15) is 0 Å². The van der Waals surface area contributed by atoms with Gasteiger partial charge in [-0.1, -0.05) is 48.0 Å². The molecule has 1 aliphatic rings. The van der Waals surface area contributed by atoms with Gasteiger partial charge in [0, 0.05) is 10.0 Å². The van der Waals surface area contributed by atoms with Crippen molar-refractivity contribution in [1.29, 1.82) is 5.41 Å². The number of carbonyl (C=O) groups excluding carboxylic acids is 1. The van der Waals surface area contributed by atoms with Crippen LogP contribution in [0.1, 0.15) is 28.4 Å². The molecule has 0 saturated carbocycles. The van der Waals surface area contributed by atoms with Gasteiger partial charge in [0.25, 0.3) is 0 Å². The van der Waals surface area contributed by atoms with E-state index in [1.54, 1.807) is 24.3 Å². The lowest BCUT2D eigenvalue weighted by Crippen LogP contribution is -2.11. The summed E-state index contributed by atoms with van der Waals surface area (Å²) in [6.07, 6.45) is 2.46. The number of nitrogens with zero attached hydrogens (tertiary/aromatic N) is 2. The van der Waals surface area contributed by atoms with Crippen LogP contribution in [-0.2, 0) is 11.2 Å². The van der Waals surface area contributed by atoms with E-state index in [1.807, 2.05) is 6.92 Å². The largest absolute Gasteiger partial charge is 0.297 e. The summed E-state index contributed by atoms with van der Waals surface area (Å²) in [4.78, 5) is 13.1. The summed E-state index contributed by atoms with van der Waals surface area (Å²) in [6.45, 7) is 1.98. The molecule has 8 heteroatoms. The van der Waals surface area contributed by atoms with Crippen LogP contribution in [-0.4, -0.2) is 21.0 Å². The predicted octanol–water partition coefficient (Wildman–Crippen LogP) is 4.83. The zero-order valence-corrected chi connectivity index (χ0v) is 15.1. The van der Waals surface area contributed by atoms with E-state index >= 15 is 0 Å². The Labute approximate surface area is 151 Å². The summed E-state index contributed by atoms with van der Waals surface area (Å²) in [6, 6.07) is 5.09. The molecule has 1 saturated heterocycles. The average molecular weight is 384 g/mol. The third kappa shape index (κ3) is 3.35. The summed E-state index contributed by atoms with van der Waals surface area (Å²) in [7, 11) is 0. The zero-order valence-electron chi connectivity index (χ0n) is 12.0. The van der Waals surface area contributed by atoms with Crippen molar-refractivity contribution in [3.63, 3.8) is 0 Å². The molecule has 2 aromatic rings. The maximum absolute atomic E-state index is 12.6. The van der Waals surface area contributed by atoms with Crippen molar-refractivity contribution >= 4 is 63.2 Å². The maximum atomic E-state index is 12.6. The predicted molar refractivity (Wildman–Crippen MR) is 96.8 cm³/mol. The molecule has 4 nitrogen and oxygen atoms in total. The molecule has 0 radical (unpaired) electrons. The van der Waals surface area contributed by atoms with Gasteiger partial charge < -0.3 is 0 Å². The highest BCUT2D eigenvalue weighted by molar-refractivity contribution is 8.19. The summed E-state index contributed by atoms with van der Waals surface area (Å²) in [5, 5.41) is 18.9. The maximum Gasteiger partial charge on any atom is 0.186 e. The van der Waals surface area contributed by atoms with Crippen LogP contribution in [0.15, 0.2) is 23.1 Å². The zero-order chi connectivity index (χ0) is 16.6. The molecule has 23 heavy (non-hydrogen) atoms. The molecule has 1 aliphatic heterocycles. The van der Waals surface area contributed by atoms with E-state index in [-0.39, 0.29) is 10.8 Å². The van der Waals surface area contributed by atoms with E-state index in [9.17, 15) is 4.79 Å². The van der Waals surface area contributed by atoms with Gasteiger partial charge in [-0.15, -0.1) is 21.5 Å². The fourth-order valence-corrected chi connectivity index (χ4v) is 4.51. The molecular weight excluding hydrogens is 373 g/mol. The van der Waals surface area contributed by atoms with Gasteiger partial charge in [-0.25, -0.2) is 0 Å². The first-order valence-electron chi connectivity index (χ1n) is 6.79. The second kappa shape index (κ2) is 6.73. The van der Waals surface area contributed by atoms with Crippen LogP contribution in [0.2, 0.25) is 10.0 Å². The number of rotatable bonds is 3. The van der Waals surface area contributed by atoms with Gasteiger partial charge in [0.15, 0.2) is 5.78 Å². The SMILES string of the molecule is CCc1nnc([C@H]2C(=N)S/C(=C\c3ccc(Cl)cc3Cl)C2=O)s1. The molecule has 1 atom stereocenters. The molecule has 2 heterocycles. The Balaban J connectivity index is 1.93. The first-order valence-corrected chi connectivity index (χ1v) is 9.18. The standard InChI is InChI=1S/C15H11Cl2N3OS2/c1-2-11-19-20-15(23-11)12-13(21)10(22-14(12)18)5-7-3-4-8(16)6-9(7)17/h3-6,12,18H,2H2,1H3/b10-5-,18-14?/t12-/m1/s1. The van der Waals surface area contributed by atoms with Crippen LogP contribution in [0, 0.1) is 5.41 Å². The van der Waals surface area contributed by atoms with Crippen molar-refractivity contribution in [3.8, 4) is 0 Å². The van der Waals surface area contributed by atoms with Crippen molar-refractivity contribution in [3.05, 3.63) is 48.7 Å². The lowest BCUT2D eigenvalue weighted by atomic mass is 10.1. The Bertz CT molecular complexity index is 832. The Hall–Kier alpha value is -1.21. The van der Waals surface area contributed by atoms with Gasteiger partial charge in [-0.3, -0.25) is 10.2 Å². The topological polar surface area (TPSA) is 66.7 Å². The third-order valence-corrected chi connectivity index (χ3v) is 5.96. The number of ketones is 1. The molecule has 3 rings (SSSR count). The van der Waals surface area contributed by atoms with Gasteiger partial charge in [0.1, 0.15) is 15.9 Å². The number of thioether (sulfide) groups is 1. The third-order valence-electron chi connectivity index (χ3n) is 3.27. The Morgan fingerprint density at radius 1 is 1.35 bits per heavy atom. The van der Waals surface area contributed by atoms with E-state index in [0.29, 0.717) is 25.5 Å². The van der Waals surface area contributed by atoms with Gasteiger partial charge in [0.05, 0.1) is 9.95 Å². The second-order valence-electron chi connectivity index (χ2n) is 4.83. The Morgan fingerprint density at radius 3 is 2.78 bits per heavy atom. The number of benzene rings is 1. The van der Waals surface area contributed by atoms with Crippen molar-refractivity contribution in [1.82, 2.24) is 10.2 Å². The molecule has 0 bridgehead atoms. The molecule has 1 aromatic heterocycles. The lowest BCUT2D eigenvalue weighted by molar-refractivity contribution is -0.114. The van der Waals surface area contributed by atoms with Gasteiger partial charge >= 0.3 is 0 Å². The molecular formula is C15H11Cl2N3OS2. The highest BCUT2D eigenvalue weighted by Gasteiger charge is 2.39. The van der Waals surface area contributed by atoms with Crippen LogP contribution in [0.25, 0.3) is 6.08 Å². The highest BCUT2D eigenvalue weighted by Crippen LogP contribution is 2.42. The van der Waals surface area contributed by atoms with E-state index in [2.05, 4.69) is 10.2 Å². The molecule has 118 valence electrons. The first kappa shape index (κ1) is 16.6. The van der Waals surface area contributed by atoms with Crippen LogP contribution in [0.5, 0.6) is 0 Å². The fourth-order valence-electron chi connectivity index (χ4n) is 2.10. The molecule has 0 amide bonds. The highest BCUT2D eigenvalue weighted by atomic mass is 35.5. The van der Waals surface area contributed by atoms with Crippen LogP contribution in [0.4, 0.5) is 0 Å². The number of aryl methyl sites for hydroxylation is 1. The lowest BCUT2D eigenvalue weighted by Gasteiger charge is -2.01. The summed E-state index contributed by atoms with van der Waals surface area (Å²) in [5.41, 5.74) is 0.701. The first-order chi connectivity index (χ1) is 11.0. The molecule has 1 N–H and O–H groups in total. The summed E-state index contributed by atoms with van der Waals surface area (Å²) in [5.74, 6) is -0.778. The van der Waals surface area contributed by atoms with Crippen LogP contribution < -0.4 is 0 Å². The number of carbonyl (C=O) groups is 1. The van der Waals surface area contributed by atoms with E-state index < -0.39 is 5.92 Å². The van der Waals surface area contributed by atoms with Crippen molar-refractivity contribution in [2.45, 2.75) is 19.3 Å². The number of allylic oxidation sites excluding steroid dienone is 1. The molecule has 1 fully saturated rings. The minimum absolute atomic E-state index is 0.134. The van der Waals surface area contributed by atoms with Crippen LogP contribution in [0.3, 0.4) is 0 Å². The van der Waals surface area contributed by atoms with Crippen molar-refractivity contribution in [2.24, 2.45) is 0 Å². The van der Waals surface area contributed by atoms with E-state index in [1.165, 1.54) is 11.3 Å². The van der Waals surface area contributed by atoms with Gasteiger partial charge in [0.2, 0.25) is 0 Å². The number of halogens is 2. The minimum atomic E-state index is -0.643. The molecule has 1 aromatic carbocycles. The second-order valence-corrected chi connectivity index (χ2v) is 7.85. The van der Waals surface area contributed by atoms with E-state index in [4.69, 9.17) is 28.6 Å². The van der Waals surface area contributed by atoms with Crippen molar-refractivity contribution < 1.29 is 4.79 Å². The molecule has 0 unspecified atom stereocenters. The van der Waals surface area contributed by atoms with Gasteiger partial charge in [-0.05, 0) is 30.2 Å². The summed E-state index contributed by atoms with van der Waals surface area (Å²) >= 11 is 14.5. The number of hydrogen-bond donors (Lipinski definition) is 1. The Morgan fingerprint density at radius 2 is 2.13 bits per heavy atom. The van der Waals surface area contributed by atoms with E-state index in [0.717, 1.165) is 23.2 Å². The number of nitrogens with one attached hydrogen (secondary N) is 1. The normalized spacial score (nSPS) is 19.8. The number of Topliss-reactive ketones (excluding diaryl/α,β-unsaturated/α-hetero) is 1. The molecule has 0 aliphatic carbocycles. The number of aromatic nitrogens is 2. The molecule has 0 spiro atoms. The van der Waals surface area contributed by atoms with Crippen molar-refractivity contribution in [2.75, 3.05) is 0 Å². The average Bonchev–Trinajstić information content (AvgIpc) is 3.07. The minimum Gasteiger partial charge on any atom is -0.297 e. The monoisotopic (exact) mass is 383 g/mol. The van der Waals surface area contributed by atoms with Crippen LogP contribution >= 0.6 is 46.3 Å². The quantitative estimate of drug-likeness (QED) is 0.770.